The van der Waals surface area contributed by atoms with E-state index in [-0.39, 0.29) is 12.3 Å². The van der Waals surface area contributed by atoms with Gasteiger partial charge in [-0.15, -0.1) is 0 Å². The molecule has 3 aromatic rings. The van der Waals surface area contributed by atoms with Gasteiger partial charge in [-0.05, 0) is 53.8 Å². The molecule has 0 radical (unpaired) electrons. The molecule has 158 valence electrons. The maximum Gasteiger partial charge on any atom is 0.325 e. The van der Waals surface area contributed by atoms with E-state index in [4.69, 9.17) is 4.74 Å². The molecule has 0 saturated carbocycles. The van der Waals surface area contributed by atoms with Crippen molar-refractivity contribution < 1.29 is 18.7 Å². The molecular formula is C25H23FN2O3. The van der Waals surface area contributed by atoms with Crippen molar-refractivity contribution in [3.8, 4) is 5.75 Å². The van der Waals surface area contributed by atoms with Gasteiger partial charge in [-0.1, -0.05) is 54.6 Å². The number of amides is 3. The second kappa shape index (κ2) is 7.87. The number of hydrogen-bond donors (Lipinski definition) is 1. The monoisotopic (exact) mass is 418 g/mol. The van der Waals surface area contributed by atoms with Crippen molar-refractivity contribution in [2.75, 3.05) is 7.11 Å². The van der Waals surface area contributed by atoms with Gasteiger partial charge in [-0.2, -0.15) is 0 Å². The number of methoxy groups -OCH3 is 1. The van der Waals surface area contributed by atoms with Crippen LogP contribution in [0.2, 0.25) is 0 Å². The number of hydrogen-bond acceptors (Lipinski definition) is 3. The maximum absolute atomic E-state index is 14.2. The van der Waals surface area contributed by atoms with Crippen molar-refractivity contribution in [3.63, 3.8) is 0 Å². The molecule has 1 heterocycles. The van der Waals surface area contributed by atoms with Crippen LogP contribution >= 0.6 is 0 Å². The number of ether oxygens (including phenoxy) is 1. The Morgan fingerprint density at radius 2 is 1.68 bits per heavy atom. The molecule has 0 aliphatic carbocycles. The van der Waals surface area contributed by atoms with Crippen LogP contribution in [0.3, 0.4) is 0 Å². The predicted molar refractivity (Wildman–Crippen MR) is 115 cm³/mol. The Balaban J connectivity index is 1.78. The molecule has 31 heavy (non-hydrogen) atoms. The first kappa shape index (κ1) is 20.6. The molecule has 1 aliphatic heterocycles. The highest BCUT2D eigenvalue weighted by atomic mass is 19.1. The Morgan fingerprint density at radius 1 is 0.935 bits per heavy atom. The van der Waals surface area contributed by atoms with Crippen LogP contribution in [0.15, 0.2) is 66.7 Å². The summed E-state index contributed by atoms with van der Waals surface area (Å²) in [4.78, 5) is 27.9. The van der Waals surface area contributed by atoms with Gasteiger partial charge in [0.25, 0.3) is 5.91 Å². The minimum Gasteiger partial charge on any atom is -0.494 e. The molecule has 3 amide bonds. The van der Waals surface area contributed by atoms with Crippen molar-refractivity contribution >= 4 is 11.9 Å². The first-order valence-corrected chi connectivity index (χ1v) is 9.96. The zero-order valence-corrected chi connectivity index (χ0v) is 17.6. The number of nitrogens with one attached hydrogen (secondary N) is 1. The highest BCUT2D eigenvalue weighted by Gasteiger charge is 2.53. The van der Waals surface area contributed by atoms with Gasteiger partial charge >= 0.3 is 6.03 Å². The van der Waals surface area contributed by atoms with E-state index in [0.717, 1.165) is 16.0 Å². The van der Waals surface area contributed by atoms with Gasteiger partial charge in [0.05, 0.1) is 13.7 Å². The molecule has 1 atom stereocenters. The van der Waals surface area contributed by atoms with E-state index in [1.165, 1.54) is 19.2 Å². The molecule has 6 heteroatoms. The van der Waals surface area contributed by atoms with Crippen molar-refractivity contribution in [1.29, 1.82) is 0 Å². The summed E-state index contributed by atoms with van der Waals surface area (Å²) in [5, 5.41) is 2.92. The third-order valence-electron chi connectivity index (χ3n) is 5.81. The molecule has 0 bridgehead atoms. The van der Waals surface area contributed by atoms with Gasteiger partial charge < -0.3 is 10.1 Å². The predicted octanol–water partition coefficient (Wildman–Crippen LogP) is 4.45. The number of nitrogens with zero attached hydrogens (tertiary/aromatic N) is 1. The normalized spacial score (nSPS) is 18.3. The lowest BCUT2D eigenvalue weighted by Gasteiger charge is -2.28. The highest BCUT2D eigenvalue weighted by molar-refractivity contribution is 6.09. The fourth-order valence-electron chi connectivity index (χ4n) is 3.93. The number of carbonyl (C=O) groups excluding carboxylic acids is 2. The highest BCUT2D eigenvalue weighted by Crippen LogP contribution is 2.37. The summed E-state index contributed by atoms with van der Waals surface area (Å²) in [5.74, 6) is -0.839. The summed E-state index contributed by atoms with van der Waals surface area (Å²) in [6, 6.07) is 18.8. The Morgan fingerprint density at radius 3 is 2.32 bits per heavy atom. The average Bonchev–Trinajstić information content (AvgIpc) is 3.02. The summed E-state index contributed by atoms with van der Waals surface area (Å²) in [6.45, 7) is 3.91. The molecule has 0 unspecified atom stereocenters. The van der Waals surface area contributed by atoms with Crippen LogP contribution in [0.25, 0.3) is 0 Å². The number of carbonyl (C=O) groups is 2. The summed E-state index contributed by atoms with van der Waals surface area (Å²) in [7, 11) is 1.38. The van der Waals surface area contributed by atoms with Gasteiger partial charge in [-0.3, -0.25) is 9.69 Å². The Labute approximate surface area is 180 Å². The lowest BCUT2D eigenvalue weighted by Crippen LogP contribution is -2.45. The first-order chi connectivity index (χ1) is 14.9. The second-order valence-corrected chi connectivity index (χ2v) is 7.71. The average molecular weight is 418 g/mol. The number of rotatable bonds is 5. The number of urea groups is 1. The fourth-order valence-corrected chi connectivity index (χ4v) is 3.93. The van der Waals surface area contributed by atoms with Crippen molar-refractivity contribution in [3.05, 3.63) is 100 Å². The van der Waals surface area contributed by atoms with Crippen LogP contribution in [-0.2, 0) is 16.9 Å². The van der Waals surface area contributed by atoms with Crippen molar-refractivity contribution in [1.82, 2.24) is 10.2 Å². The molecule has 3 aromatic carbocycles. The molecule has 1 N–H and O–H groups in total. The van der Waals surface area contributed by atoms with Gasteiger partial charge in [0, 0.05) is 0 Å². The quantitative estimate of drug-likeness (QED) is 0.623. The third-order valence-corrected chi connectivity index (χ3v) is 5.81. The van der Waals surface area contributed by atoms with Crippen LogP contribution in [-0.4, -0.2) is 23.9 Å². The molecule has 0 aromatic heterocycles. The Bertz CT molecular complexity index is 1160. The van der Waals surface area contributed by atoms with Crippen LogP contribution in [0, 0.1) is 19.7 Å². The Kier molecular flexibility index (Phi) is 5.23. The standard InChI is InChI=1S/C25H23FN2O3/c1-16-9-11-20(13-17(16)2)25(19-7-5-4-6-8-19)23(29)28(24(30)27-25)15-18-10-12-22(31-3)21(26)14-18/h4-14H,15H2,1-3H3,(H,27,30)/t25-/m0/s1. The zero-order valence-electron chi connectivity index (χ0n) is 17.6. The van der Waals surface area contributed by atoms with E-state index in [1.54, 1.807) is 6.07 Å². The van der Waals surface area contributed by atoms with Crippen LogP contribution in [0.4, 0.5) is 9.18 Å². The molecule has 1 saturated heterocycles. The van der Waals surface area contributed by atoms with Crippen molar-refractivity contribution in [2.24, 2.45) is 0 Å². The second-order valence-electron chi connectivity index (χ2n) is 7.71. The third kappa shape index (κ3) is 3.44. The van der Waals surface area contributed by atoms with Gasteiger partial charge in [-0.25, -0.2) is 9.18 Å². The zero-order chi connectivity index (χ0) is 22.2. The minimum absolute atomic E-state index is 0.0506. The number of aryl methyl sites for hydroxylation is 2. The topological polar surface area (TPSA) is 58.6 Å². The lowest BCUT2D eigenvalue weighted by atomic mass is 9.81. The number of halogens is 1. The summed E-state index contributed by atoms with van der Waals surface area (Å²) < 4.78 is 19.1. The number of imide groups is 1. The maximum atomic E-state index is 14.2. The SMILES string of the molecule is COc1ccc(CN2C(=O)N[C@@](c3ccccc3)(c3ccc(C)c(C)c3)C2=O)cc1F. The first-order valence-electron chi connectivity index (χ1n) is 9.96. The molecule has 5 nitrogen and oxygen atoms in total. The summed E-state index contributed by atoms with van der Waals surface area (Å²) in [6.07, 6.45) is 0. The van der Waals surface area contributed by atoms with E-state index in [2.05, 4.69) is 5.32 Å². The van der Waals surface area contributed by atoms with Gasteiger partial charge in [0.2, 0.25) is 0 Å². The molecule has 1 fully saturated rings. The Hall–Kier alpha value is -3.67. The minimum atomic E-state index is -1.35. The largest absolute Gasteiger partial charge is 0.494 e. The number of benzene rings is 3. The molecular weight excluding hydrogens is 395 g/mol. The molecule has 1 aliphatic rings. The molecule has 0 spiro atoms. The fraction of sp³-hybridized carbons (Fsp3) is 0.200. The van der Waals surface area contributed by atoms with Gasteiger partial charge in [0.1, 0.15) is 0 Å². The van der Waals surface area contributed by atoms with Crippen molar-refractivity contribution in [2.45, 2.75) is 25.9 Å². The van der Waals surface area contributed by atoms with E-state index >= 15 is 0 Å². The van der Waals surface area contributed by atoms with E-state index in [0.29, 0.717) is 16.7 Å². The molecule has 4 rings (SSSR count). The smallest absolute Gasteiger partial charge is 0.325 e. The van der Waals surface area contributed by atoms with Crippen LogP contribution in [0.1, 0.15) is 27.8 Å². The summed E-state index contributed by atoms with van der Waals surface area (Å²) >= 11 is 0. The lowest BCUT2D eigenvalue weighted by molar-refractivity contribution is -0.130. The van der Waals surface area contributed by atoms with Crippen LogP contribution < -0.4 is 10.1 Å². The van der Waals surface area contributed by atoms with E-state index in [9.17, 15) is 14.0 Å². The van der Waals surface area contributed by atoms with E-state index < -0.39 is 23.3 Å². The van der Waals surface area contributed by atoms with Gasteiger partial charge in [0.15, 0.2) is 17.1 Å². The van der Waals surface area contributed by atoms with Crippen LogP contribution in [0.5, 0.6) is 5.75 Å². The van der Waals surface area contributed by atoms with E-state index in [1.807, 2.05) is 62.4 Å². The summed E-state index contributed by atoms with van der Waals surface area (Å²) in [5.41, 5.74) is 2.61.